The highest BCUT2D eigenvalue weighted by molar-refractivity contribution is 7.89. The molecule has 7 heteroatoms. The third kappa shape index (κ3) is 3.80. The van der Waals surface area contributed by atoms with Crippen molar-refractivity contribution in [3.8, 4) is 0 Å². The molecule has 1 N–H and O–H groups in total. The highest BCUT2D eigenvalue weighted by Gasteiger charge is 2.33. The van der Waals surface area contributed by atoms with E-state index in [0.717, 1.165) is 24.0 Å². The van der Waals surface area contributed by atoms with E-state index in [9.17, 15) is 13.2 Å². The van der Waals surface area contributed by atoms with Crippen molar-refractivity contribution in [1.29, 1.82) is 0 Å². The molecule has 0 radical (unpaired) electrons. The van der Waals surface area contributed by atoms with Crippen molar-refractivity contribution in [3.63, 3.8) is 0 Å². The van der Waals surface area contributed by atoms with Crippen molar-refractivity contribution in [2.24, 2.45) is 7.05 Å². The molecule has 0 bridgehead atoms. The molecule has 0 unspecified atom stereocenters. The summed E-state index contributed by atoms with van der Waals surface area (Å²) in [7, 11) is -2.03. The first-order valence-electron chi connectivity index (χ1n) is 9.22. The first kappa shape index (κ1) is 19.6. The van der Waals surface area contributed by atoms with Gasteiger partial charge in [-0.2, -0.15) is 0 Å². The second kappa shape index (κ2) is 7.48. The molecular formula is C20H27N3O3S. The summed E-state index contributed by atoms with van der Waals surface area (Å²) in [6, 6.07) is 7.70. The van der Waals surface area contributed by atoms with Crippen molar-refractivity contribution in [2.75, 3.05) is 13.1 Å². The standard InChI is InChI=1S/C20H27N3O3S/c1-14-7-9-17(10-8-14)13-21-27(25,26)19-16(3)22(4)15(2)18(19)20(24)23-11-5-6-12-23/h7-10,21H,5-6,11-13H2,1-4H3. The highest BCUT2D eigenvalue weighted by atomic mass is 32.2. The van der Waals surface area contributed by atoms with Crippen LogP contribution >= 0.6 is 0 Å². The first-order chi connectivity index (χ1) is 12.7. The zero-order valence-electron chi connectivity index (χ0n) is 16.4. The molecule has 1 amide bonds. The van der Waals surface area contributed by atoms with Crippen molar-refractivity contribution < 1.29 is 13.2 Å². The molecule has 1 aliphatic heterocycles. The predicted molar refractivity (Wildman–Crippen MR) is 105 cm³/mol. The van der Waals surface area contributed by atoms with E-state index in [1.165, 1.54) is 0 Å². The fourth-order valence-electron chi connectivity index (χ4n) is 3.53. The second-order valence-electron chi connectivity index (χ2n) is 7.24. The van der Waals surface area contributed by atoms with Crippen LogP contribution in [0.2, 0.25) is 0 Å². The Hall–Kier alpha value is -2.12. The van der Waals surface area contributed by atoms with Crippen LogP contribution in [0.3, 0.4) is 0 Å². The molecule has 1 aliphatic rings. The van der Waals surface area contributed by atoms with Gasteiger partial charge < -0.3 is 9.47 Å². The first-order valence-corrected chi connectivity index (χ1v) is 10.7. The van der Waals surface area contributed by atoms with Crippen LogP contribution in [0, 0.1) is 20.8 Å². The van der Waals surface area contributed by atoms with Crippen LogP contribution in [-0.2, 0) is 23.6 Å². The molecule has 3 rings (SSSR count). The summed E-state index contributed by atoms with van der Waals surface area (Å²) in [5, 5.41) is 0. The Labute approximate surface area is 161 Å². The van der Waals surface area contributed by atoms with E-state index in [0.29, 0.717) is 30.0 Å². The Bertz CT molecular complexity index is 953. The minimum absolute atomic E-state index is 0.103. The summed E-state index contributed by atoms with van der Waals surface area (Å²) >= 11 is 0. The van der Waals surface area contributed by atoms with Gasteiger partial charge in [-0.05, 0) is 39.2 Å². The lowest BCUT2D eigenvalue weighted by molar-refractivity contribution is 0.0788. The summed E-state index contributed by atoms with van der Waals surface area (Å²) < 4.78 is 30.7. The van der Waals surface area contributed by atoms with Gasteiger partial charge in [-0.25, -0.2) is 13.1 Å². The number of likely N-dealkylation sites (tertiary alicyclic amines) is 1. The topological polar surface area (TPSA) is 71.4 Å². The maximum absolute atomic E-state index is 13.1. The maximum atomic E-state index is 13.1. The quantitative estimate of drug-likeness (QED) is 0.855. The largest absolute Gasteiger partial charge is 0.350 e. The van der Waals surface area contributed by atoms with Gasteiger partial charge in [0.15, 0.2) is 0 Å². The summed E-state index contributed by atoms with van der Waals surface area (Å²) in [6.07, 6.45) is 1.93. The van der Waals surface area contributed by atoms with Crippen LogP contribution in [0.5, 0.6) is 0 Å². The number of rotatable bonds is 5. The summed E-state index contributed by atoms with van der Waals surface area (Å²) in [6.45, 7) is 7.09. The number of nitrogens with zero attached hydrogens (tertiary/aromatic N) is 2. The number of amides is 1. The van der Waals surface area contributed by atoms with E-state index in [4.69, 9.17) is 0 Å². The van der Waals surface area contributed by atoms with Crippen molar-refractivity contribution in [2.45, 2.75) is 45.1 Å². The predicted octanol–water partition coefficient (Wildman–Crippen LogP) is 2.66. The molecule has 6 nitrogen and oxygen atoms in total. The van der Waals surface area contributed by atoms with Gasteiger partial charge in [-0.3, -0.25) is 4.79 Å². The van der Waals surface area contributed by atoms with Gasteiger partial charge in [0.1, 0.15) is 4.90 Å². The summed E-state index contributed by atoms with van der Waals surface area (Å²) in [5.74, 6) is -0.190. The number of sulfonamides is 1. The van der Waals surface area contributed by atoms with Crippen LogP contribution in [0.25, 0.3) is 0 Å². The minimum Gasteiger partial charge on any atom is -0.350 e. The summed E-state index contributed by atoms with van der Waals surface area (Å²) in [4.78, 5) is 14.9. The molecule has 1 saturated heterocycles. The van der Waals surface area contributed by atoms with E-state index in [2.05, 4.69) is 4.72 Å². The number of nitrogens with one attached hydrogen (secondary N) is 1. The smallest absolute Gasteiger partial charge is 0.257 e. The van der Waals surface area contributed by atoms with Crippen LogP contribution in [0.4, 0.5) is 0 Å². The molecule has 2 heterocycles. The Morgan fingerprint density at radius 1 is 1.04 bits per heavy atom. The maximum Gasteiger partial charge on any atom is 0.257 e. The summed E-state index contributed by atoms with van der Waals surface area (Å²) in [5.41, 5.74) is 3.55. The zero-order valence-corrected chi connectivity index (χ0v) is 17.2. The number of carbonyl (C=O) groups excluding carboxylic acids is 1. The van der Waals surface area contributed by atoms with E-state index < -0.39 is 10.0 Å². The average Bonchev–Trinajstić information content (AvgIpc) is 3.24. The van der Waals surface area contributed by atoms with Gasteiger partial charge >= 0.3 is 0 Å². The van der Waals surface area contributed by atoms with Crippen molar-refractivity contribution >= 4 is 15.9 Å². The number of aryl methyl sites for hydroxylation is 1. The van der Waals surface area contributed by atoms with E-state index in [1.54, 1.807) is 30.4 Å². The van der Waals surface area contributed by atoms with Crippen LogP contribution in [0.15, 0.2) is 29.2 Å². The third-order valence-corrected chi connectivity index (χ3v) is 6.95. The van der Waals surface area contributed by atoms with Gasteiger partial charge in [0, 0.05) is 38.1 Å². The van der Waals surface area contributed by atoms with Crippen molar-refractivity contribution in [1.82, 2.24) is 14.2 Å². The third-order valence-electron chi connectivity index (χ3n) is 5.39. The Balaban J connectivity index is 1.95. The van der Waals surface area contributed by atoms with Crippen LogP contribution in [-0.4, -0.2) is 36.9 Å². The molecule has 1 aromatic heterocycles. The Morgan fingerprint density at radius 3 is 2.22 bits per heavy atom. The number of benzene rings is 1. The lowest BCUT2D eigenvalue weighted by atomic mass is 10.2. The molecule has 0 spiro atoms. The van der Waals surface area contributed by atoms with Gasteiger partial charge in [-0.1, -0.05) is 29.8 Å². The minimum atomic E-state index is -3.82. The SMILES string of the molecule is Cc1ccc(CNS(=O)(=O)c2c(C(=O)N3CCCC3)c(C)n(C)c2C)cc1. The van der Waals surface area contributed by atoms with Crippen LogP contribution in [0.1, 0.15) is 45.7 Å². The van der Waals surface area contributed by atoms with Crippen molar-refractivity contribution in [3.05, 3.63) is 52.3 Å². The molecular weight excluding hydrogens is 362 g/mol. The number of aromatic nitrogens is 1. The molecule has 27 heavy (non-hydrogen) atoms. The normalized spacial score (nSPS) is 14.7. The van der Waals surface area contributed by atoms with Crippen LogP contribution < -0.4 is 4.72 Å². The molecule has 1 fully saturated rings. The van der Waals surface area contributed by atoms with E-state index in [-0.39, 0.29) is 17.3 Å². The number of carbonyl (C=O) groups is 1. The molecule has 146 valence electrons. The lowest BCUT2D eigenvalue weighted by Gasteiger charge is -2.17. The molecule has 2 aromatic rings. The van der Waals surface area contributed by atoms with E-state index >= 15 is 0 Å². The van der Waals surface area contributed by atoms with Gasteiger partial charge in [0.2, 0.25) is 10.0 Å². The molecule has 0 saturated carbocycles. The monoisotopic (exact) mass is 389 g/mol. The Kier molecular flexibility index (Phi) is 5.44. The number of hydrogen-bond acceptors (Lipinski definition) is 3. The fraction of sp³-hybridized carbons (Fsp3) is 0.450. The average molecular weight is 390 g/mol. The van der Waals surface area contributed by atoms with E-state index in [1.807, 2.05) is 31.2 Å². The fourth-order valence-corrected chi connectivity index (χ4v) is 5.06. The number of hydrogen-bond donors (Lipinski definition) is 1. The van der Waals surface area contributed by atoms with Gasteiger partial charge in [0.25, 0.3) is 5.91 Å². The highest BCUT2D eigenvalue weighted by Crippen LogP contribution is 2.28. The zero-order chi connectivity index (χ0) is 19.8. The Morgan fingerprint density at radius 2 is 1.63 bits per heavy atom. The molecule has 1 aromatic carbocycles. The van der Waals surface area contributed by atoms with Gasteiger partial charge in [0.05, 0.1) is 5.56 Å². The lowest BCUT2D eigenvalue weighted by Crippen LogP contribution is -2.31. The second-order valence-corrected chi connectivity index (χ2v) is 8.95. The molecule has 0 aliphatic carbocycles. The molecule has 0 atom stereocenters. The van der Waals surface area contributed by atoms with Gasteiger partial charge in [-0.15, -0.1) is 0 Å².